The van der Waals surface area contributed by atoms with Gasteiger partial charge in [-0.3, -0.25) is 4.79 Å². The number of amides is 1. The highest BCUT2D eigenvalue weighted by Crippen LogP contribution is 2.22. The lowest BCUT2D eigenvalue weighted by molar-refractivity contribution is 0.0893. The number of piperidine rings is 1. The van der Waals surface area contributed by atoms with Crippen molar-refractivity contribution in [1.29, 1.82) is 0 Å². The minimum atomic E-state index is -0.190. The van der Waals surface area contributed by atoms with Crippen molar-refractivity contribution in [2.45, 2.75) is 18.9 Å². The Balaban J connectivity index is 1.52. The molecule has 2 aromatic heterocycles. The van der Waals surface area contributed by atoms with Gasteiger partial charge >= 0.3 is 0 Å². The monoisotopic (exact) mass is 278 g/mol. The molecule has 0 bridgehead atoms. The minimum Gasteiger partial charge on any atom is -0.351 e. The molecule has 0 saturated carbocycles. The van der Waals surface area contributed by atoms with E-state index in [1.165, 1.54) is 6.20 Å². The summed E-state index contributed by atoms with van der Waals surface area (Å²) in [6.45, 7) is 1.82. The predicted molar refractivity (Wildman–Crippen MR) is 71.3 cm³/mol. The van der Waals surface area contributed by atoms with Gasteiger partial charge < -0.3 is 14.7 Å². The van der Waals surface area contributed by atoms with E-state index >= 15 is 0 Å². The zero-order valence-electron chi connectivity index (χ0n) is 10.3. The minimum absolute atomic E-state index is 0.189. The largest absolute Gasteiger partial charge is 0.351 e. The van der Waals surface area contributed by atoms with Gasteiger partial charge in [0.15, 0.2) is 5.13 Å². The number of hydrogen-bond donors (Lipinski definition) is 1. The topological polar surface area (TPSA) is 71.3 Å². The highest BCUT2D eigenvalue weighted by Gasteiger charge is 2.23. The smallest absolute Gasteiger partial charge is 0.290 e. The number of thiazole rings is 1. The number of hydrogen-bond acceptors (Lipinski definition) is 6. The first kappa shape index (κ1) is 12.2. The number of nitrogens with zero attached hydrogens (tertiary/aromatic N) is 3. The molecule has 1 fully saturated rings. The Kier molecular flexibility index (Phi) is 3.45. The van der Waals surface area contributed by atoms with Gasteiger partial charge in [0.1, 0.15) is 0 Å². The second-order valence-electron chi connectivity index (χ2n) is 4.43. The van der Waals surface area contributed by atoms with Crippen LogP contribution in [0, 0.1) is 0 Å². The molecule has 1 saturated heterocycles. The molecule has 0 spiro atoms. The van der Waals surface area contributed by atoms with Crippen LogP contribution in [0.15, 0.2) is 28.4 Å². The Hall–Kier alpha value is -1.89. The first-order chi connectivity index (χ1) is 9.33. The van der Waals surface area contributed by atoms with E-state index in [4.69, 9.17) is 4.52 Å². The molecule has 0 radical (unpaired) electrons. The van der Waals surface area contributed by atoms with Crippen molar-refractivity contribution >= 4 is 22.4 Å². The summed E-state index contributed by atoms with van der Waals surface area (Å²) >= 11 is 1.65. The molecule has 0 unspecified atom stereocenters. The summed E-state index contributed by atoms with van der Waals surface area (Å²) in [4.78, 5) is 18.4. The summed E-state index contributed by atoms with van der Waals surface area (Å²) in [5, 5.41) is 9.54. The molecular formula is C12H14N4O2S. The fourth-order valence-corrected chi connectivity index (χ4v) is 2.87. The number of rotatable bonds is 3. The van der Waals surface area contributed by atoms with Crippen LogP contribution in [0.1, 0.15) is 23.4 Å². The molecule has 2 aromatic rings. The van der Waals surface area contributed by atoms with E-state index in [1.807, 2.05) is 11.6 Å². The maximum atomic E-state index is 11.8. The van der Waals surface area contributed by atoms with Crippen LogP contribution in [0.2, 0.25) is 0 Å². The average molecular weight is 278 g/mol. The molecule has 19 heavy (non-hydrogen) atoms. The summed E-state index contributed by atoms with van der Waals surface area (Å²) in [5.74, 6) is 0.0764. The quantitative estimate of drug-likeness (QED) is 0.922. The second-order valence-corrected chi connectivity index (χ2v) is 5.30. The lowest BCUT2D eigenvalue weighted by Crippen LogP contribution is -2.44. The van der Waals surface area contributed by atoms with Crippen LogP contribution >= 0.6 is 11.3 Å². The van der Waals surface area contributed by atoms with E-state index < -0.39 is 0 Å². The van der Waals surface area contributed by atoms with Gasteiger partial charge in [0.2, 0.25) is 5.76 Å². The Morgan fingerprint density at radius 2 is 2.26 bits per heavy atom. The molecular weight excluding hydrogens is 264 g/mol. The van der Waals surface area contributed by atoms with Crippen LogP contribution in [-0.2, 0) is 0 Å². The van der Waals surface area contributed by atoms with Crippen molar-refractivity contribution in [3.8, 4) is 0 Å². The van der Waals surface area contributed by atoms with Gasteiger partial charge in [-0.1, -0.05) is 5.16 Å². The van der Waals surface area contributed by atoms with Crippen molar-refractivity contribution in [3.05, 3.63) is 29.6 Å². The van der Waals surface area contributed by atoms with Gasteiger partial charge in [-0.15, -0.1) is 11.3 Å². The van der Waals surface area contributed by atoms with Crippen molar-refractivity contribution in [2.24, 2.45) is 0 Å². The van der Waals surface area contributed by atoms with Crippen LogP contribution in [0.3, 0.4) is 0 Å². The average Bonchev–Trinajstić information content (AvgIpc) is 3.13. The summed E-state index contributed by atoms with van der Waals surface area (Å²) in [6, 6.07) is 1.76. The number of nitrogens with one attached hydrogen (secondary N) is 1. The molecule has 1 aliphatic heterocycles. The van der Waals surface area contributed by atoms with Crippen LogP contribution < -0.4 is 10.2 Å². The maximum absolute atomic E-state index is 11.8. The van der Waals surface area contributed by atoms with E-state index in [1.54, 1.807) is 17.4 Å². The Bertz CT molecular complexity index is 518. The van der Waals surface area contributed by atoms with Crippen molar-refractivity contribution < 1.29 is 9.32 Å². The fraction of sp³-hybridized carbons (Fsp3) is 0.417. The zero-order chi connectivity index (χ0) is 13.1. The molecule has 3 rings (SSSR count). The molecule has 1 N–H and O–H groups in total. The number of carbonyl (C=O) groups excluding carboxylic acids is 1. The number of carbonyl (C=O) groups is 1. The SMILES string of the molecule is O=C(NC1CCN(c2nccs2)CC1)c1ccno1. The summed E-state index contributed by atoms with van der Waals surface area (Å²) < 4.78 is 4.84. The molecule has 0 aliphatic carbocycles. The summed E-state index contributed by atoms with van der Waals surface area (Å²) in [7, 11) is 0. The molecule has 6 nitrogen and oxygen atoms in total. The molecule has 3 heterocycles. The molecule has 7 heteroatoms. The van der Waals surface area contributed by atoms with Crippen LogP contribution in [0.5, 0.6) is 0 Å². The number of anilines is 1. The third kappa shape index (κ3) is 2.76. The highest BCUT2D eigenvalue weighted by molar-refractivity contribution is 7.13. The standard InChI is InChI=1S/C12H14N4O2S/c17-11(10-1-4-14-18-10)15-9-2-6-16(7-3-9)12-13-5-8-19-12/h1,4-5,8-9H,2-3,6-7H2,(H,15,17). The first-order valence-electron chi connectivity index (χ1n) is 6.19. The van der Waals surface area contributed by atoms with E-state index in [0.717, 1.165) is 31.1 Å². The normalized spacial score (nSPS) is 16.5. The molecule has 0 aromatic carbocycles. The van der Waals surface area contributed by atoms with Crippen LogP contribution in [0.4, 0.5) is 5.13 Å². The highest BCUT2D eigenvalue weighted by atomic mass is 32.1. The third-order valence-corrected chi connectivity index (χ3v) is 4.01. The number of aromatic nitrogens is 2. The third-order valence-electron chi connectivity index (χ3n) is 3.18. The van der Waals surface area contributed by atoms with E-state index in [9.17, 15) is 4.79 Å². The predicted octanol–water partition coefficient (Wildman–Crippen LogP) is 1.53. The van der Waals surface area contributed by atoms with Gasteiger partial charge in [-0.2, -0.15) is 0 Å². The Labute approximate surface area is 114 Å². The first-order valence-corrected chi connectivity index (χ1v) is 7.07. The molecule has 1 aliphatic rings. The van der Waals surface area contributed by atoms with Gasteiger partial charge in [0.25, 0.3) is 5.91 Å². The zero-order valence-corrected chi connectivity index (χ0v) is 11.1. The Morgan fingerprint density at radius 1 is 1.42 bits per heavy atom. The van der Waals surface area contributed by atoms with Crippen LogP contribution in [0.25, 0.3) is 0 Å². The second kappa shape index (κ2) is 5.40. The molecule has 0 atom stereocenters. The van der Waals surface area contributed by atoms with Crippen molar-refractivity contribution in [1.82, 2.24) is 15.5 Å². The van der Waals surface area contributed by atoms with Gasteiger partial charge in [0.05, 0.1) is 6.20 Å². The Morgan fingerprint density at radius 3 is 2.89 bits per heavy atom. The summed E-state index contributed by atoms with van der Waals surface area (Å²) in [5.41, 5.74) is 0. The van der Waals surface area contributed by atoms with E-state index in [-0.39, 0.29) is 17.7 Å². The lowest BCUT2D eigenvalue weighted by Gasteiger charge is -2.31. The van der Waals surface area contributed by atoms with Crippen molar-refractivity contribution in [3.63, 3.8) is 0 Å². The molecule has 100 valence electrons. The van der Waals surface area contributed by atoms with E-state index in [2.05, 4.69) is 20.4 Å². The van der Waals surface area contributed by atoms with Gasteiger partial charge in [0, 0.05) is 36.8 Å². The lowest BCUT2D eigenvalue weighted by atomic mass is 10.1. The molecule has 1 amide bonds. The van der Waals surface area contributed by atoms with Crippen molar-refractivity contribution in [2.75, 3.05) is 18.0 Å². The van der Waals surface area contributed by atoms with E-state index in [0.29, 0.717) is 0 Å². The van der Waals surface area contributed by atoms with Crippen LogP contribution in [-0.4, -0.2) is 35.2 Å². The maximum Gasteiger partial charge on any atom is 0.290 e. The summed E-state index contributed by atoms with van der Waals surface area (Å²) in [6.07, 6.45) is 5.12. The van der Waals surface area contributed by atoms with Gasteiger partial charge in [-0.05, 0) is 12.8 Å². The van der Waals surface area contributed by atoms with Gasteiger partial charge in [-0.25, -0.2) is 4.98 Å². The fourth-order valence-electron chi connectivity index (χ4n) is 2.18.